The summed E-state index contributed by atoms with van der Waals surface area (Å²) in [6, 6.07) is 4.31. The van der Waals surface area contributed by atoms with Gasteiger partial charge in [0.05, 0.1) is 5.54 Å². The molecule has 0 bridgehead atoms. The van der Waals surface area contributed by atoms with Crippen LogP contribution in [0.2, 0.25) is 0 Å². The van der Waals surface area contributed by atoms with Crippen LogP contribution in [-0.4, -0.2) is 36.0 Å². The van der Waals surface area contributed by atoms with Crippen molar-refractivity contribution in [1.29, 1.82) is 0 Å². The molecule has 1 amide bonds. The van der Waals surface area contributed by atoms with Crippen LogP contribution >= 0.6 is 0 Å². The predicted molar refractivity (Wildman–Crippen MR) is 96.6 cm³/mol. The quantitative estimate of drug-likeness (QED) is 0.839. The number of hydrogen-bond acceptors (Lipinski definition) is 3. The second-order valence-corrected chi connectivity index (χ2v) is 7.29. The number of anilines is 1. The number of nitrogens with two attached hydrogens (primary N) is 1. The van der Waals surface area contributed by atoms with E-state index in [9.17, 15) is 4.79 Å². The molecule has 2 rings (SSSR count). The van der Waals surface area contributed by atoms with Gasteiger partial charge in [-0.15, -0.1) is 0 Å². The molecule has 0 unspecified atom stereocenters. The molecule has 0 radical (unpaired) electrons. The van der Waals surface area contributed by atoms with Crippen LogP contribution in [0.15, 0.2) is 12.1 Å². The minimum atomic E-state index is -0.477. The molecule has 0 aromatic heterocycles. The first-order chi connectivity index (χ1) is 10.8. The summed E-state index contributed by atoms with van der Waals surface area (Å²) in [4.78, 5) is 14.7. The van der Waals surface area contributed by atoms with E-state index in [1.165, 1.54) is 11.1 Å². The zero-order chi connectivity index (χ0) is 17.2. The summed E-state index contributed by atoms with van der Waals surface area (Å²) in [5.41, 5.74) is 10.2. The van der Waals surface area contributed by atoms with E-state index in [4.69, 9.17) is 5.73 Å². The Kier molecular flexibility index (Phi) is 5.35. The number of rotatable bonds is 4. The highest BCUT2D eigenvalue weighted by Gasteiger charge is 2.33. The van der Waals surface area contributed by atoms with E-state index < -0.39 is 5.54 Å². The van der Waals surface area contributed by atoms with Gasteiger partial charge in [-0.1, -0.05) is 13.0 Å². The average Bonchev–Trinajstić information content (AvgIpc) is 2.50. The summed E-state index contributed by atoms with van der Waals surface area (Å²) in [6.07, 6.45) is 2.05. The Hall–Kier alpha value is -1.55. The molecule has 1 fully saturated rings. The highest BCUT2D eigenvalue weighted by Crippen LogP contribution is 2.33. The molecule has 4 nitrogen and oxygen atoms in total. The molecule has 1 aromatic rings. The van der Waals surface area contributed by atoms with Crippen LogP contribution in [0.1, 0.15) is 56.2 Å². The molecule has 1 saturated heterocycles. The summed E-state index contributed by atoms with van der Waals surface area (Å²) in [7, 11) is 0. The van der Waals surface area contributed by atoms with Crippen molar-refractivity contribution in [3.05, 3.63) is 28.8 Å². The summed E-state index contributed by atoms with van der Waals surface area (Å²) in [5, 5.41) is 3.28. The zero-order valence-corrected chi connectivity index (χ0v) is 15.2. The van der Waals surface area contributed by atoms with E-state index >= 15 is 0 Å². The maximum Gasteiger partial charge on any atom is 0.242 e. The summed E-state index contributed by atoms with van der Waals surface area (Å²) >= 11 is 0. The number of amides is 1. The first-order valence-electron chi connectivity index (χ1n) is 8.67. The van der Waals surface area contributed by atoms with Gasteiger partial charge in [0.15, 0.2) is 0 Å². The van der Waals surface area contributed by atoms with E-state index in [2.05, 4.69) is 31.3 Å². The van der Waals surface area contributed by atoms with Gasteiger partial charge < -0.3 is 16.0 Å². The third kappa shape index (κ3) is 3.86. The molecule has 1 aliphatic heterocycles. The fourth-order valence-electron chi connectivity index (χ4n) is 3.61. The highest BCUT2D eigenvalue weighted by atomic mass is 16.2. The number of carbonyl (C=O) groups is 1. The number of carbonyl (C=O) groups excluding carboxylic acids is 1. The maximum atomic E-state index is 12.7. The minimum absolute atomic E-state index is 0.211. The normalized spacial score (nSPS) is 16.7. The lowest BCUT2D eigenvalue weighted by molar-refractivity contribution is -0.138. The van der Waals surface area contributed by atoms with E-state index in [1.54, 1.807) is 0 Å². The lowest BCUT2D eigenvalue weighted by Gasteiger charge is -2.37. The van der Waals surface area contributed by atoms with Crippen molar-refractivity contribution in [2.24, 2.45) is 0 Å². The van der Waals surface area contributed by atoms with Crippen molar-refractivity contribution in [2.45, 2.75) is 58.9 Å². The number of piperidine rings is 1. The maximum absolute atomic E-state index is 12.7. The second kappa shape index (κ2) is 6.91. The van der Waals surface area contributed by atoms with Crippen molar-refractivity contribution in [3.8, 4) is 0 Å². The highest BCUT2D eigenvalue weighted by molar-refractivity contribution is 5.85. The van der Waals surface area contributed by atoms with E-state index in [-0.39, 0.29) is 5.91 Å². The largest absolute Gasteiger partial charge is 0.399 e. The Balaban J connectivity index is 2.04. The third-order valence-corrected chi connectivity index (χ3v) is 5.03. The standard InChI is InChI=1S/C19H31N3O/c1-6-21-19(4,5)18(23)22-9-7-15(8-10-22)16-11-14(3)17(20)12-13(16)2/h11-12,15,21H,6-10,20H2,1-5H3. The zero-order valence-electron chi connectivity index (χ0n) is 15.2. The van der Waals surface area contributed by atoms with Crippen LogP contribution in [0.3, 0.4) is 0 Å². The molecular formula is C19H31N3O. The van der Waals surface area contributed by atoms with Gasteiger partial charge in [0, 0.05) is 18.8 Å². The Morgan fingerprint density at radius 3 is 2.43 bits per heavy atom. The van der Waals surface area contributed by atoms with Crippen LogP contribution in [0.5, 0.6) is 0 Å². The van der Waals surface area contributed by atoms with Crippen LogP contribution in [0.4, 0.5) is 5.69 Å². The molecule has 1 aromatic carbocycles. The number of nitrogen functional groups attached to an aromatic ring is 1. The van der Waals surface area contributed by atoms with Crippen molar-refractivity contribution in [3.63, 3.8) is 0 Å². The summed E-state index contributed by atoms with van der Waals surface area (Å²) in [6.45, 7) is 12.7. The second-order valence-electron chi connectivity index (χ2n) is 7.29. The van der Waals surface area contributed by atoms with Gasteiger partial charge >= 0.3 is 0 Å². The summed E-state index contributed by atoms with van der Waals surface area (Å²) < 4.78 is 0. The fourth-order valence-corrected chi connectivity index (χ4v) is 3.61. The lowest BCUT2D eigenvalue weighted by Crippen LogP contribution is -2.55. The number of nitrogens with one attached hydrogen (secondary N) is 1. The van der Waals surface area contributed by atoms with Crippen LogP contribution < -0.4 is 11.1 Å². The van der Waals surface area contributed by atoms with Gasteiger partial charge in [-0.3, -0.25) is 4.79 Å². The number of likely N-dealkylation sites (N-methyl/N-ethyl adjacent to an activating group) is 1. The minimum Gasteiger partial charge on any atom is -0.399 e. The Labute approximate surface area is 140 Å². The number of hydrogen-bond donors (Lipinski definition) is 2. The number of benzene rings is 1. The molecule has 1 heterocycles. The van der Waals surface area contributed by atoms with Gasteiger partial charge in [0.25, 0.3) is 0 Å². The Bertz CT molecular complexity index is 572. The molecule has 1 aliphatic rings. The molecule has 3 N–H and O–H groups in total. The van der Waals surface area contributed by atoms with Crippen LogP contribution in [0.25, 0.3) is 0 Å². The fraction of sp³-hybridized carbons (Fsp3) is 0.632. The molecule has 4 heteroatoms. The van der Waals surface area contributed by atoms with Crippen molar-refractivity contribution in [1.82, 2.24) is 10.2 Å². The van der Waals surface area contributed by atoms with Gasteiger partial charge in [-0.2, -0.15) is 0 Å². The van der Waals surface area contributed by atoms with Gasteiger partial charge in [0.2, 0.25) is 5.91 Å². The van der Waals surface area contributed by atoms with E-state index in [1.807, 2.05) is 25.7 Å². The van der Waals surface area contributed by atoms with E-state index in [0.717, 1.165) is 43.7 Å². The molecule has 0 saturated carbocycles. The number of aryl methyl sites for hydroxylation is 2. The smallest absolute Gasteiger partial charge is 0.242 e. The molecule has 23 heavy (non-hydrogen) atoms. The Morgan fingerprint density at radius 2 is 1.87 bits per heavy atom. The predicted octanol–water partition coefficient (Wildman–Crippen LogP) is 2.98. The molecule has 128 valence electrons. The monoisotopic (exact) mass is 317 g/mol. The molecule has 0 spiro atoms. The topological polar surface area (TPSA) is 58.4 Å². The molecule has 0 atom stereocenters. The number of nitrogens with zero attached hydrogens (tertiary/aromatic N) is 1. The first kappa shape index (κ1) is 17.8. The van der Waals surface area contributed by atoms with E-state index in [0.29, 0.717) is 5.92 Å². The van der Waals surface area contributed by atoms with Crippen LogP contribution in [-0.2, 0) is 4.79 Å². The van der Waals surface area contributed by atoms with Crippen LogP contribution in [0, 0.1) is 13.8 Å². The molecular weight excluding hydrogens is 286 g/mol. The summed E-state index contributed by atoms with van der Waals surface area (Å²) in [5.74, 6) is 0.739. The van der Waals surface area contributed by atoms with Crippen molar-refractivity contribution >= 4 is 11.6 Å². The van der Waals surface area contributed by atoms with Gasteiger partial charge in [-0.05, 0) is 75.8 Å². The van der Waals surface area contributed by atoms with Crippen molar-refractivity contribution in [2.75, 3.05) is 25.4 Å². The Morgan fingerprint density at radius 1 is 1.26 bits per heavy atom. The number of likely N-dealkylation sites (tertiary alicyclic amines) is 1. The van der Waals surface area contributed by atoms with Crippen molar-refractivity contribution < 1.29 is 4.79 Å². The molecule has 0 aliphatic carbocycles. The first-order valence-corrected chi connectivity index (χ1v) is 8.67. The third-order valence-electron chi connectivity index (χ3n) is 5.03. The average molecular weight is 317 g/mol. The SMILES string of the molecule is CCNC(C)(C)C(=O)N1CCC(c2cc(C)c(N)cc2C)CC1. The van der Waals surface area contributed by atoms with Gasteiger partial charge in [-0.25, -0.2) is 0 Å². The lowest BCUT2D eigenvalue weighted by atomic mass is 9.85. The van der Waals surface area contributed by atoms with Gasteiger partial charge in [0.1, 0.15) is 0 Å².